The summed E-state index contributed by atoms with van der Waals surface area (Å²) in [7, 11) is 0. The lowest BCUT2D eigenvalue weighted by Crippen LogP contribution is -2.34. The van der Waals surface area contributed by atoms with Crippen LogP contribution in [0, 0.1) is 5.41 Å². The fourth-order valence-electron chi connectivity index (χ4n) is 2.11. The number of aromatic amines is 1. The largest absolute Gasteiger partial charge is 0.397 e. The van der Waals surface area contributed by atoms with E-state index in [0.29, 0.717) is 24.3 Å². The summed E-state index contributed by atoms with van der Waals surface area (Å²) in [6.45, 7) is 4.64. The topological polar surface area (TPSA) is 91.1 Å². The van der Waals surface area contributed by atoms with Gasteiger partial charge in [0.15, 0.2) is 0 Å². The number of aliphatic hydroxyl groups excluding tert-OH is 1. The van der Waals surface area contributed by atoms with Gasteiger partial charge in [-0.15, -0.1) is 0 Å². The number of carbonyl (C=O) groups excluding carboxylic acids is 1. The first-order chi connectivity index (χ1) is 9.43. The number of nitrogen functional groups attached to an aromatic ring is 1. The number of amides is 1. The average molecular weight is 275 g/mol. The van der Waals surface area contributed by atoms with E-state index in [-0.39, 0.29) is 17.9 Å². The van der Waals surface area contributed by atoms with Gasteiger partial charge in [0, 0.05) is 18.5 Å². The van der Waals surface area contributed by atoms with E-state index in [1.54, 1.807) is 12.1 Å². The Kier molecular flexibility index (Phi) is 3.99. The number of hydrogen-bond acceptors (Lipinski definition) is 3. The highest BCUT2D eigenvalue weighted by molar-refractivity contribution is 6.00. The van der Waals surface area contributed by atoms with Gasteiger partial charge in [-0.2, -0.15) is 0 Å². The summed E-state index contributed by atoms with van der Waals surface area (Å²) in [6, 6.07) is 7.36. The highest BCUT2D eigenvalue weighted by Crippen LogP contribution is 2.22. The molecule has 5 heteroatoms. The van der Waals surface area contributed by atoms with Crippen LogP contribution in [0.15, 0.2) is 24.3 Å². The maximum atomic E-state index is 12.1. The molecule has 0 spiro atoms. The number of nitrogens with two attached hydrogens (primary N) is 1. The molecule has 0 unspecified atom stereocenters. The lowest BCUT2D eigenvalue weighted by Gasteiger charge is -2.23. The molecule has 0 bridgehead atoms. The van der Waals surface area contributed by atoms with Gasteiger partial charge in [-0.1, -0.05) is 26.0 Å². The van der Waals surface area contributed by atoms with Crippen molar-refractivity contribution >= 4 is 22.5 Å². The van der Waals surface area contributed by atoms with Crippen molar-refractivity contribution in [2.75, 3.05) is 18.9 Å². The van der Waals surface area contributed by atoms with Gasteiger partial charge >= 0.3 is 0 Å². The van der Waals surface area contributed by atoms with Crippen molar-refractivity contribution in [1.82, 2.24) is 10.3 Å². The van der Waals surface area contributed by atoms with Gasteiger partial charge in [-0.05, 0) is 24.0 Å². The molecule has 1 heterocycles. The van der Waals surface area contributed by atoms with Crippen molar-refractivity contribution in [3.63, 3.8) is 0 Å². The quantitative estimate of drug-likeness (QED) is 0.628. The predicted molar refractivity (Wildman–Crippen MR) is 80.5 cm³/mol. The second-order valence-corrected chi connectivity index (χ2v) is 5.81. The molecule has 0 fully saturated rings. The van der Waals surface area contributed by atoms with Crippen LogP contribution in [0.4, 0.5) is 5.69 Å². The van der Waals surface area contributed by atoms with Crippen molar-refractivity contribution in [3.05, 3.63) is 30.0 Å². The van der Waals surface area contributed by atoms with Crippen LogP contribution in [0.1, 0.15) is 30.8 Å². The van der Waals surface area contributed by atoms with Crippen molar-refractivity contribution in [1.29, 1.82) is 0 Å². The summed E-state index contributed by atoms with van der Waals surface area (Å²) in [5, 5.41) is 12.8. The van der Waals surface area contributed by atoms with Crippen molar-refractivity contribution in [2.24, 2.45) is 5.41 Å². The number of benzene rings is 1. The first-order valence-corrected chi connectivity index (χ1v) is 6.69. The summed E-state index contributed by atoms with van der Waals surface area (Å²) < 4.78 is 0. The highest BCUT2D eigenvalue weighted by Gasteiger charge is 2.19. The van der Waals surface area contributed by atoms with Gasteiger partial charge in [0.05, 0.1) is 11.2 Å². The summed E-state index contributed by atoms with van der Waals surface area (Å²) in [4.78, 5) is 15.2. The summed E-state index contributed by atoms with van der Waals surface area (Å²) in [5.41, 5.74) is 7.64. The number of aliphatic hydroxyl groups is 1. The fraction of sp³-hybridized carbons (Fsp3) is 0.400. The van der Waals surface area contributed by atoms with E-state index in [4.69, 9.17) is 10.8 Å². The maximum Gasteiger partial charge on any atom is 0.267 e. The molecule has 5 N–H and O–H groups in total. The third kappa shape index (κ3) is 3.11. The Bertz CT molecular complexity index is 617. The molecule has 1 amide bonds. The van der Waals surface area contributed by atoms with Crippen LogP contribution in [-0.2, 0) is 0 Å². The Balaban J connectivity index is 2.10. The summed E-state index contributed by atoms with van der Waals surface area (Å²) in [6.07, 6.45) is 0.646. The van der Waals surface area contributed by atoms with Crippen molar-refractivity contribution in [3.8, 4) is 0 Å². The molecule has 1 aromatic heterocycles. The monoisotopic (exact) mass is 275 g/mol. The lowest BCUT2D eigenvalue weighted by molar-refractivity contribution is 0.0924. The van der Waals surface area contributed by atoms with Gasteiger partial charge in [0.2, 0.25) is 0 Å². The summed E-state index contributed by atoms with van der Waals surface area (Å²) in [5.74, 6) is -0.161. The Morgan fingerprint density at radius 2 is 2.20 bits per heavy atom. The molecule has 0 aliphatic rings. The summed E-state index contributed by atoms with van der Waals surface area (Å²) >= 11 is 0. The predicted octanol–water partition coefficient (Wildman–Crippen LogP) is 1.89. The molecule has 0 atom stereocenters. The fourth-order valence-corrected chi connectivity index (χ4v) is 2.11. The number of fused-ring (bicyclic) bond motifs is 1. The minimum absolute atomic E-state index is 0.117. The number of rotatable bonds is 5. The zero-order chi connectivity index (χ0) is 14.8. The average Bonchev–Trinajstić information content (AvgIpc) is 2.81. The minimum atomic E-state index is -0.161. The van der Waals surface area contributed by atoms with Crippen LogP contribution in [0.2, 0.25) is 0 Å². The minimum Gasteiger partial charge on any atom is -0.397 e. The van der Waals surface area contributed by atoms with E-state index in [1.807, 2.05) is 26.0 Å². The molecule has 20 heavy (non-hydrogen) atoms. The first-order valence-electron chi connectivity index (χ1n) is 6.69. The third-order valence-corrected chi connectivity index (χ3v) is 3.45. The smallest absolute Gasteiger partial charge is 0.267 e. The van der Waals surface area contributed by atoms with Gasteiger partial charge in [0.25, 0.3) is 5.91 Å². The third-order valence-electron chi connectivity index (χ3n) is 3.45. The van der Waals surface area contributed by atoms with Crippen molar-refractivity contribution in [2.45, 2.75) is 20.3 Å². The second kappa shape index (κ2) is 5.54. The SMILES string of the molecule is CC(C)(CCO)CNC(=O)c1cc2cccc(N)c2[nH]1. The Morgan fingerprint density at radius 3 is 2.85 bits per heavy atom. The molecule has 1 aromatic carbocycles. The number of hydrogen-bond donors (Lipinski definition) is 4. The number of aromatic nitrogens is 1. The van der Waals surface area contributed by atoms with Crippen LogP contribution in [0.3, 0.4) is 0 Å². The second-order valence-electron chi connectivity index (χ2n) is 5.81. The Labute approximate surface area is 118 Å². The first kappa shape index (κ1) is 14.4. The van der Waals surface area contributed by atoms with Crippen LogP contribution >= 0.6 is 0 Å². The maximum absolute atomic E-state index is 12.1. The van der Waals surface area contributed by atoms with Crippen molar-refractivity contribution < 1.29 is 9.90 Å². The lowest BCUT2D eigenvalue weighted by atomic mass is 9.90. The highest BCUT2D eigenvalue weighted by atomic mass is 16.3. The molecule has 2 aromatic rings. The number of H-pyrrole nitrogens is 1. The molecule has 0 saturated carbocycles. The van der Waals surface area contributed by atoms with Crippen LogP contribution in [0.5, 0.6) is 0 Å². The standard InChI is InChI=1S/C15H21N3O2/c1-15(2,6-7-19)9-17-14(20)12-8-10-4-3-5-11(16)13(10)18-12/h3-5,8,18-19H,6-7,9,16H2,1-2H3,(H,17,20). The van der Waals surface area contributed by atoms with E-state index >= 15 is 0 Å². The van der Waals surface area contributed by atoms with Gasteiger partial charge < -0.3 is 21.1 Å². The van der Waals surface area contributed by atoms with E-state index in [9.17, 15) is 4.79 Å². The Morgan fingerprint density at radius 1 is 1.45 bits per heavy atom. The van der Waals surface area contributed by atoms with Crippen LogP contribution in [-0.4, -0.2) is 29.1 Å². The van der Waals surface area contributed by atoms with Gasteiger partial charge in [0.1, 0.15) is 5.69 Å². The molecule has 0 radical (unpaired) electrons. The molecular formula is C15H21N3O2. The number of carbonyl (C=O) groups is 1. The van der Waals surface area contributed by atoms with E-state index < -0.39 is 0 Å². The zero-order valence-corrected chi connectivity index (χ0v) is 11.9. The van der Waals surface area contributed by atoms with Gasteiger partial charge in [-0.3, -0.25) is 4.79 Å². The molecular weight excluding hydrogens is 254 g/mol. The van der Waals surface area contributed by atoms with E-state index in [0.717, 1.165) is 10.9 Å². The van der Waals surface area contributed by atoms with E-state index in [1.165, 1.54) is 0 Å². The van der Waals surface area contributed by atoms with Crippen LogP contribution < -0.4 is 11.1 Å². The van der Waals surface area contributed by atoms with Gasteiger partial charge in [-0.25, -0.2) is 0 Å². The van der Waals surface area contributed by atoms with Crippen LogP contribution in [0.25, 0.3) is 10.9 Å². The van der Waals surface area contributed by atoms with E-state index in [2.05, 4.69) is 10.3 Å². The molecule has 5 nitrogen and oxygen atoms in total. The molecule has 0 saturated heterocycles. The number of para-hydroxylation sites is 1. The molecule has 0 aliphatic heterocycles. The number of anilines is 1. The normalized spacial score (nSPS) is 11.8. The molecule has 108 valence electrons. The Hall–Kier alpha value is -2.01. The number of nitrogens with one attached hydrogen (secondary N) is 2. The zero-order valence-electron chi connectivity index (χ0n) is 11.9. The molecule has 2 rings (SSSR count). The molecule has 0 aliphatic carbocycles.